The van der Waals surface area contributed by atoms with E-state index in [0.717, 1.165) is 11.1 Å². The average Bonchev–Trinajstić information content (AvgIpc) is 3.14. The number of amides is 4. The summed E-state index contributed by atoms with van der Waals surface area (Å²) in [7, 11) is 0. The fourth-order valence-electron chi connectivity index (χ4n) is 4.82. The van der Waals surface area contributed by atoms with Gasteiger partial charge in [-0.25, -0.2) is 0 Å². The van der Waals surface area contributed by atoms with Crippen molar-refractivity contribution in [1.29, 1.82) is 0 Å². The third-order valence-corrected chi connectivity index (χ3v) is 6.93. The maximum atomic E-state index is 13.0. The van der Waals surface area contributed by atoms with Crippen LogP contribution in [0.5, 0.6) is 0 Å². The molecule has 3 aromatic carbocycles. The lowest BCUT2D eigenvalue weighted by atomic mass is 10.0. The van der Waals surface area contributed by atoms with Crippen LogP contribution in [-0.4, -0.2) is 52.6 Å². The smallest absolute Gasteiger partial charge is 0.261 e. The van der Waals surface area contributed by atoms with E-state index in [4.69, 9.17) is 0 Å². The van der Waals surface area contributed by atoms with E-state index in [1.165, 1.54) is 4.90 Å². The Morgan fingerprint density at radius 1 is 0.833 bits per heavy atom. The predicted molar refractivity (Wildman–Crippen MR) is 135 cm³/mol. The molecule has 0 atom stereocenters. The van der Waals surface area contributed by atoms with Crippen LogP contribution in [0.3, 0.4) is 0 Å². The van der Waals surface area contributed by atoms with Gasteiger partial charge in [0.2, 0.25) is 0 Å². The summed E-state index contributed by atoms with van der Waals surface area (Å²) in [6.45, 7) is 3.21. The highest BCUT2D eigenvalue weighted by Gasteiger charge is 2.35. The van der Waals surface area contributed by atoms with Crippen molar-refractivity contribution in [2.75, 3.05) is 13.1 Å². The van der Waals surface area contributed by atoms with E-state index in [0.29, 0.717) is 48.2 Å². The minimum absolute atomic E-state index is 0.0307. The molecule has 0 radical (unpaired) electrons. The molecular formula is C29H27N3O4. The molecule has 0 bridgehead atoms. The Morgan fingerprint density at radius 2 is 1.42 bits per heavy atom. The van der Waals surface area contributed by atoms with E-state index in [-0.39, 0.29) is 36.2 Å². The van der Waals surface area contributed by atoms with Crippen LogP contribution in [0.25, 0.3) is 0 Å². The number of nitrogens with zero attached hydrogens (tertiary/aromatic N) is 2. The van der Waals surface area contributed by atoms with E-state index in [1.54, 1.807) is 53.4 Å². The summed E-state index contributed by atoms with van der Waals surface area (Å²) in [6.07, 6.45) is 1.39. The zero-order valence-corrected chi connectivity index (χ0v) is 20.1. The number of aryl methyl sites for hydroxylation is 1. The van der Waals surface area contributed by atoms with Gasteiger partial charge in [-0.15, -0.1) is 0 Å². The number of imide groups is 1. The van der Waals surface area contributed by atoms with Crippen LogP contribution < -0.4 is 5.32 Å². The van der Waals surface area contributed by atoms with Crippen molar-refractivity contribution in [2.45, 2.75) is 32.4 Å². The van der Waals surface area contributed by atoms with Gasteiger partial charge in [0.1, 0.15) is 0 Å². The standard InChI is InChI=1S/C29H27N3O4/c1-19-6-2-3-7-23(19)26(33)30-22-14-16-31(17-15-22)27(34)21-12-10-20(11-13-21)18-32-28(35)24-8-4-5-9-25(24)29(32)36/h2-13,22H,14-18H2,1H3,(H,30,33). The molecule has 36 heavy (non-hydrogen) atoms. The quantitative estimate of drug-likeness (QED) is 0.562. The van der Waals surface area contributed by atoms with Gasteiger partial charge in [0, 0.05) is 30.3 Å². The number of hydrogen-bond acceptors (Lipinski definition) is 4. The monoisotopic (exact) mass is 481 g/mol. The largest absolute Gasteiger partial charge is 0.349 e. The second-order valence-electron chi connectivity index (χ2n) is 9.29. The van der Waals surface area contributed by atoms with Crippen LogP contribution in [-0.2, 0) is 6.54 Å². The van der Waals surface area contributed by atoms with Gasteiger partial charge in [-0.1, -0.05) is 42.5 Å². The zero-order valence-electron chi connectivity index (χ0n) is 20.1. The van der Waals surface area contributed by atoms with Crippen LogP contribution >= 0.6 is 0 Å². The predicted octanol–water partition coefficient (Wildman–Crippen LogP) is 3.83. The Kier molecular flexibility index (Phi) is 6.38. The lowest BCUT2D eigenvalue weighted by molar-refractivity contribution is 0.0638. The van der Waals surface area contributed by atoms with Gasteiger partial charge in [0.15, 0.2) is 0 Å². The Bertz CT molecular complexity index is 1310. The van der Waals surface area contributed by atoms with E-state index in [9.17, 15) is 19.2 Å². The molecule has 0 aliphatic carbocycles. The van der Waals surface area contributed by atoms with Gasteiger partial charge in [-0.2, -0.15) is 0 Å². The van der Waals surface area contributed by atoms with E-state index in [2.05, 4.69) is 5.32 Å². The van der Waals surface area contributed by atoms with Gasteiger partial charge < -0.3 is 10.2 Å². The molecule has 0 saturated carbocycles. The molecule has 0 aromatic heterocycles. The summed E-state index contributed by atoms with van der Waals surface area (Å²) in [6, 6.07) is 21.4. The highest BCUT2D eigenvalue weighted by Crippen LogP contribution is 2.24. The summed E-state index contributed by atoms with van der Waals surface area (Å²) in [4.78, 5) is 53.9. The lowest BCUT2D eigenvalue weighted by Crippen LogP contribution is -2.46. The normalized spacial score (nSPS) is 15.7. The van der Waals surface area contributed by atoms with Crippen molar-refractivity contribution in [2.24, 2.45) is 0 Å². The van der Waals surface area contributed by atoms with Crippen molar-refractivity contribution in [3.8, 4) is 0 Å². The van der Waals surface area contributed by atoms with Gasteiger partial charge in [0.25, 0.3) is 23.6 Å². The van der Waals surface area contributed by atoms with Gasteiger partial charge in [-0.05, 0) is 61.2 Å². The Labute approximate surface area is 209 Å². The van der Waals surface area contributed by atoms with Gasteiger partial charge in [0.05, 0.1) is 17.7 Å². The summed E-state index contributed by atoms with van der Waals surface area (Å²) in [5.41, 5.74) is 3.80. The molecule has 2 aliphatic rings. The molecular weight excluding hydrogens is 454 g/mol. The Hall–Kier alpha value is -4.26. The van der Waals surface area contributed by atoms with Gasteiger partial charge >= 0.3 is 0 Å². The minimum Gasteiger partial charge on any atom is -0.349 e. The number of likely N-dealkylation sites (tertiary alicyclic amines) is 1. The number of piperidine rings is 1. The van der Waals surface area contributed by atoms with Crippen molar-refractivity contribution in [3.63, 3.8) is 0 Å². The maximum absolute atomic E-state index is 13.0. The van der Waals surface area contributed by atoms with Crippen LogP contribution in [0.2, 0.25) is 0 Å². The molecule has 182 valence electrons. The van der Waals surface area contributed by atoms with Crippen molar-refractivity contribution in [3.05, 3.63) is 106 Å². The van der Waals surface area contributed by atoms with E-state index >= 15 is 0 Å². The number of carbonyl (C=O) groups is 4. The topological polar surface area (TPSA) is 86.8 Å². The van der Waals surface area contributed by atoms with Gasteiger partial charge in [-0.3, -0.25) is 24.1 Å². The molecule has 2 aliphatic heterocycles. The van der Waals surface area contributed by atoms with Crippen LogP contribution in [0.15, 0.2) is 72.8 Å². The Balaban J connectivity index is 1.16. The number of rotatable bonds is 5. The number of fused-ring (bicyclic) bond motifs is 1. The van der Waals surface area contributed by atoms with Crippen molar-refractivity contribution >= 4 is 23.6 Å². The number of hydrogen-bond donors (Lipinski definition) is 1. The maximum Gasteiger partial charge on any atom is 0.261 e. The Morgan fingerprint density at radius 3 is 2.03 bits per heavy atom. The molecule has 3 aromatic rings. The minimum atomic E-state index is -0.298. The molecule has 4 amide bonds. The van der Waals surface area contributed by atoms with E-state index in [1.807, 2.05) is 31.2 Å². The molecule has 1 fully saturated rings. The number of nitrogens with one attached hydrogen (secondary N) is 1. The van der Waals surface area contributed by atoms with Crippen LogP contribution in [0.1, 0.15) is 65.4 Å². The summed E-state index contributed by atoms with van der Waals surface area (Å²) in [5.74, 6) is -0.737. The second-order valence-corrected chi connectivity index (χ2v) is 9.29. The molecule has 1 saturated heterocycles. The van der Waals surface area contributed by atoms with Crippen LogP contribution in [0.4, 0.5) is 0 Å². The number of carbonyl (C=O) groups excluding carboxylic acids is 4. The third-order valence-electron chi connectivity index (χ3n) is 6.93. The van der Waals surface area contributed by atoms with Crippen molar-refractivity contribution < 1.29 is 19.2 Å². The molecule has 5 rings (SSSR count). The van der Waals surface area contributed by atoms with Crippen molar-refractivity contribution in [1.82, 2.24) is 15.1 Å². The first-order valence-corrected chi connectivity index (χ1v) is 12.1. The third kappa shape index (κ3) is 4.52. The molecule has 0 unspecified atom stereocenters. The molecule has 0 spiro atoms. The highest BCUT2D eigenvalue weighted by molar-refractivity contribution is 6.21. The zero-order chi connectivity index (χ0) is 25.2. The summed E-state index contributed by atoms with van der Waals surface area (Å²) < 4.78 is 0. The molecule has 7 nitrogen and oxygen atoms in total. The molecule has 2 heterocycles. The summed E-state index contributed by atoms with van der Waals surface area (Å²) >= 11 is 0. The first kappa shape index (κ1) is 23.5. The highest BCUT2D eigenvalue weighted by atomic mass is 16.2. The number of benzene rings is 3. The molecule has 7 heteroatoms. The first-order chi connectivity index (χ1) is 17.4. The average molecular weight is 482 g/mol. The summed E-state index contributed by atoms with van der Waals surface area (Å²) in [5, 5.41) is 3.09. The lowest BCUT2D eigenvalue weighted by Gasteiger charge is -2.32. The fraction of sp³-hybridized carbons (Fsp3) is 0.241. The second kappa shape index (κ2) is 9.77. The first-order valence-electron chi connectivity index (χ1n) is 12.1. The van der Waals surface area contributed by atoms with E-state index < -0.39 is 0 Å². The molecule has 1 N–H and O–H groups in total. The van der Waals surface area contributed by atoms with Crippen LogP contribution in [0, 0.1) is 6.92 Å². The fourth-order valence-corrected chi connectivity index (χ4v) is 4.82. The SMILES string of the molecule is Cc1ccccc1C(=O)NC1CCN(C(=O)c2ccc(CN3C(=O)c4ccccc4C3=O)cc2)CC1.